The van der Waals surface area contributed by atoms with E-state index in [0.717, 1.165) is 31.5 Å². The van der Waals surface area contributed by atoms with Gasteiger partial charge in [0.15, 0.2) is 0 Å². The lowest BCUT2D eigenvalue weighted by Gasteiger charge is -2.32. The first kappa shape index (κ1) is 17.4. The third kappa shape index (κ3) is 5.65. The molecule has 0 radical (unpaired) electrons. The fraction of sp³-hybridized carbons (Fsp3) is 0.529. The van der Waals surface area contributed by atoms with E-state index < -0.39 is 6.04 Å². The van der Waals surface area contributed by atoms with Crippen LogP contribution in [0, 0.1) is 0 Å². The molecule has 1 saturated heterocycles. The number of amides is 2. The van der Waals surface area contributed by atoms with E-state index in [4.69, 9.17) is 5.73 Å². The normalized spacial score (nSPS) is 17.5. The van der Waals surface area contributed by atoms with Gasteiger partial charge in [0, 0.05) is 26.2 Å². The Hall–Kier alpha value is -1.92. The predicted molar refractivity (Wildman–Crippen MR) is 89.8 cm³/mol. The van der Waals surface area contributed by atoms with Crippen LogP contribution in [0.2, 0.25) is 0 Å². The molecule has 23 heavy (non-hydrogen) atoms. The number of nitrogens with two attached hydrogens (primary N) is 1. The molecular formula is C17H26N4O2. The average molecular weight is 318 g/mol. The van der Waals surface area contributed by atoms with Crippen molar-refractivity contribution >= 4 is 11.8 Å². The van der Waals surface area contributed by atoms with Crippen molar-refractivity contribution in [3.05, 3.63) is 35.9 Å². The molecule has 6 nitrogen and oxygen atoms in total. The summed E-state index contributed by atoms with van der Waals surface area (Å²) in [7, 11) is 1.64. The maximum absolute atomic E-state index is 12.2. The van der Waals surface area contributed by atoms with E-state index in [-0.39, 0.29) is 17.9 Å². The molecule has 2 amide bonds. The lowest BCUT2D eigenvalue weighted by atomic mass is 10.0. The number of hydrogen-bond acceptors (Lipinski definition) is 4. The Bertz CT molecular complexity index is 513. The fourth-order valence-corrected chi connectivity index (χ4v) is 2.79. The van der Waals surface area contributed by atoms with Gasteiger partial charge in [0.05, 0.1) is 12.6 Å². The summed E-state index contributed by atoms with van der Waals surface area (Å²) in [5, 5.41) is 5.66. The van der Waals surface area contributed by atoms with Gasteiger partial charge in [-0.3, -0.25) is 14.5 Å². The smallest absolute Gasteiger partial charge is 0.237 e. The van der Waals surface area contributed by atoms with E-state index in [9.17, 15) is 9.59 Å². The summed E-state index contributed by atoms with van der Waals surface area (Å²) < 4.78 is 0. The van der Waals surface area contributed by atoms with Crippen molar-refractivity contribution in [3.8, 4) is 0 Å². The molecular weight excluding hydrogens is 292 g/mol. The van der Waals surface area contributed by atoms with Crippen LogP contribution in [0.1, 0.15) is 18.4 Å². The van der Waals surface area contributed by atoms with Crippen LogP contribution in [0.15, 0.2) is 30.3 Å². The molecule has 0 unspecified atom stereocenters. The minimum atomic E-state index is -0.527. The van der Waals surface area contributed by atoms with E-state index in [1.807, 2.05) is 30.3 Å². The van der Waals surface area contributed by atoms with Crippen LogP contribution >= 0.6 is 0 Å². The van der Waals surface area contributed by atoms with Crippen LogP contribution in [0.3, 0.4) is 0 Å². The van der Waals surface area contributed by atoms with Crippen LogP contribution in [0.5, 0.6) is 0 Å². The van der Waals surface area contributed by atoms with Crippen LogP contribution in [0.4, 0.5) is 0 Å². The molecule has 1 aromatic rings. The molecule has 0 aromatic heterocycles. The molecule has 0 spiro atoms. The van der Waals surface area contributed by atoms with E-state index in [1.165, 1.54) is 0 Å². The zero-order valence-corrected chi connectivity index (χ0v) is 13.6. The van der Waals surface area contributed by atoms with Crippen molar-refractivity contribution in [3.63, 3.8) is 0 Å². The molecule has 1 fully saturated rings. The van der Waals surface area contributed by atoms with Gasteiger partial charge in [-0.2, -0.15) is 0 Å². The molecule has 6 heteroatoms. The minimum absolute atomic E-state index is 0.0253. The second-order valence-electron chi connectivity index (χ2n) is 6.03. The second-order valence-corrected chi connectivity index (χ2v) is 6.03. The lowest BCUT2D eigenvalue weighted by Crippen LogP contribution is -2.51. The molecule has 1 atom stereocenters. The highest BCUT2D eigenvalue weighted by Gasteiger charge is 2.23. The Morgan fingerprint density at radius 3 is 2.52 bits per heavy atom. The summed E-state index contributed by atoms with van der Waals surface area (Å²) in [6.45, 7) is 2.04. The van der Waals surface area contributed by atoms with Crippen molar-refractivity contribution in [2.24, 2.45) is 5.73 Å². The number of likely N-dealkylation sites (tertiary alicyclic amines) is 1. The molecule has 0 aliphatic carbocycles. The zero-order chi connectivity index (χ0) is 16.7. The van der Waals surface area contributed by atoms with Gasteiger partial charge in [0.2, 0.25) is 11.8 Å². The molecule has 126 valence electrons. The van der Waals surface area contributed by atoms with E-state index in [0.29, 0.717) is 13.0 Å². The van der Waals surface area contributed by atoms with Crippen molar-refractivity contribution < 1.29 is 9.59 Å². The average Bonchev–Trinajstić information content (AvgIpc) is 2.57. The summed E-state index contributed by atoms with van der Waals surface area (Å²) >= 11 is 0. The summed E-state index contributed by atoms with van der Waals surface area (Å²) in [6.07, 6.45) is 2.24. The van der Waals surface area contributed by atoms with Gasteiger partial charge >= 0.3 is 0 Å². The Morgan fingerprint density at radius 1 is 1.26 bits per heavy atom. The Balaban J connectivity index is 1.73. The van der Waals surface area contributed by atoms with Crippen molar-refractivity contribution in [2.75, 3.05) is 26.7 Å². The van der Waals surface area contributed by atoms with Gasteiger partial charge in [-0.05, 0) is 24.8 Å². The summed E-state index contributed by atoms with van der Waals surface area (Å²) in [6, 6.07) is 9.41. The highest BCUT2D eigenvalue weighted by Crippen LogP contribution is 2.10. The molecule has 4 N–H and O–H groups in total. The Morgan fingerprint density at radius 2 is 1.91 bits per heavy atom. The van der Waals surface area contributed by atoms with Crippen LogP contribution in [0.25, 0.3) is 0 Å². The van der Waals surface area contributed by atoms with E-state index in [1.54, 1.807) is 7.05 Å². The third-order valence-corrected chi connectivity index (χ3v) is 4.22. The molecule has 1 heterocycles. The Kier molecular flexibility index (Phi) is 6.55. The number of nitrogens with one attached hydrogen (secondary N) is 2. The number of benzene rings is 1. The number of likely N-dealkylation sites (N-methyl/N-ethyl adjacent to an activating group) is 1. The molecule has 1 aromatic carbocycles. The second kappa shape index (κ2) is 8.64. The molecule has 1 aliphatic rings. The van der Waals surface area contributed by atoms with Crippen LogP contribution in [-0.2, 0) is 16.0 Å². The summed E-state index contributed by atoms with van der Waals surface area (Å²) in [5.74, 6) is -0.0732. The SMILES string of the molecule is CNC(=O)CN1CCC(NC(=O)[C@@H](N)Cc2ccccc2)CC1. The topological polar surface area (TPSA) is 87.5 Å². The van der Waals surface area contributed by atoms with Crippen molar-refractivity contribution in [1.29, 1.82) is 0 Å². The zero-order valence-electron chi connectivity index (χ0n) is 13.6. The molecule has 1 aliphatic heterocycles. The van der Waals surface area contributed by atoms with Crippen molar-refractivity contribution in [1.82, 2.24) is 15.5 Å². The van der Waals surface area contributed by atoms with E-state index in [2.05, 4.69) is 15.5 Å². The first-order valence-corrected chi connectivity index (χ1v) is 8.11. The molecule has 0 bridgehead atoms. The lowest BCUT2D eigenvalue weighted by molar-refractivity contribution is -0.124. The summed E-state index contributed by atoms with van der Waals surface area (Å²) in [4.78, 5) is 25.7. The fourth-order valence-electron chi connectivity index (χ4n) is 2.79. The maximum atomic E-state index is 12.2. The largest absolute Gasteiger partial charge is 0.358 e. The number of nitrogens with zero attached hydrogens (tertiary/aromatic N) is 1. The number of piperidine rings is 1. The summed E-state index contributed by atoms with van der Waals surface area (Å²) in [5.41, 5.74) is 7.07. The monoisotopic (exact) mass is 318 g/mol. The standard InChI is InChI=1S/C17H26N4O2/c1-19-16(22)12-21-9-7-14(8-10-21)20-17(23)15(18)11-13-5-3-2-4-6-13/h2-6,14-15H,7-12,18H2,1H3,(H,19,22)(H,20,23)/t15-/m0/s1. The highest BCUT2D eigenvalue weighted by atomic mass is 16.2. The number of rotatable bonds is 6. The van der Waals surface area contributed by atoms with Gasteiger partial charge in [0.1, 0.15) is 0 Å². The minimum Gasteiger partial charge on any atom is -0.358 e. The van der Waals surface area contributed by atoms with Crippen LogP contribution in [-0.4, -0.2) is 55.5 Å². The number of hydrogen-bond donors (Lipinski definition) is 3. The first-order chi connectivity index (χ1) is 11.1. The molecule has 2 rings (SSSR count). The molecule has 0 saturated carbocycles. The van der Waals surface area contributed by atoms with Gasteiger partial charge in [-0.1, -0.05) is 30.3 Å². The van der Waals surface area contributed by atoms with Gasteiger partial charge in [-0.15, -0.1) is 0 Å². The highest BCUT2D eigenvalue weighted by molar-refractivity contribution is 5.82. The van der Waals surface area contributed by atoms with Crippen LogP contribution < -0.4 is 16.4 Å². The number of carbonyl (C=O) groups is 2. The predicted octanol–water partition coefficient (Wildman–Crippen LogP) is -0.117. The van der Waals surface area contributed by atoms with Crippen molar-refractivity contribution in [2.45, 2.75) is 31.3 Å². The third-order valence-electron chi connectivity index (χ3n) is 4.22. The van der Waals surface area contributed by atoms with Gasteiger partial charge in [-0.25, -0.2) is 0 Å². The Labute approximate surface area is 137 Å². The quantitative estimate of drug-likeness (QED) is 0.682. The van der Waals surface area contributed by atoms with Gasteiger partial charge < -0.3 is 16.4 Å². The number of carbonyl (C=O) groups excluding carboxylic acids is 2. The van der Waals surface area contributed by atoms with Gasteiger partial charge in [0.25, 0.3) is 0 Å². The van der Waals surface area contributed by atoms with E-state index >= 15 is 0 Å². The first-order valence-electron chi connectivity index (χ1n) is 8.11. The maximum Gasteiger partial charge on any atom is 0.237 e.